The van der Waals surface area contributed by atoms with Gasteiger partial charge in [-0.15, -0.1) is 0 Å². The van der Waals surface area contributed by atoms with Gasteiger partial charge in [-0.25, -0.2) is 0 Å². The molecular weight excluding hydrogens is 216 g/mol. The fourth-order valence-corrected chi connectivity index (χ4v) is 2.27. The van der Waals surface area contributed by atoms with E-state index in [4.69, 9.17) is 4.74 Å². The molecule has 0 saturated carbocycles. The summed E-state index contributed by atoms with van der Waals surface area (Å²) in [6, 6.07) is 0. The number of hydrogen-bond acceptors (Lipinski definition) is 2. The van der Waals surface area contributed by atoms with E-state index in [1.807, 2.05) is 0 Å². The van der Waals surface area contributed by atoms with Crippen LogP contribution in [0.2, 0.25) is 0 Å². The molecule has 0 aliphatic rings. The fourth-order valence-electron chi connectivity index (χ4n) is 1.74. The molecule has 0 heterocycles. The van der Waals surface area contributed by atoms with Crippen LogP contribution in [0.4, 0.5) is 0 Å². The van der Waals surface area contributed by atoms with Crippen LogP contribution in [0, 0.1) is 17.8 Å². The van der Waals surface area contributed by atoms with E-state index in [1.165, 1.54) is 25.7 Å². The van der Waals surface area contributed by atoms with Crippen molar-refractivity contribution in [2.45, 2.75) is 53.4 Å². The zero-order valence-electron chi connectivity index (χ0n) is 11.5. The lowest BCUT2D eigenvalue weighted by Crippen LogP contribution is -2.20. The average Bonchev–Trinajstić information content (AvgIpc) is 2.28. The molecule has 0 aliphatic carbocycles. The van der Waals surface area contributed by atoms with E-state index in [2.05, 4.69) is 40.3 Å². The molecule has 0 fully saturated rings. The molecule has 0 N–H and O–H groups in total. The first-order valence-electron chi connectivity index (χ1n) is 6.84. The normalized spacial score (nSPS) is 15.4. The van der Waals surface area contributed by atoms with Crippen molar-refractivity contribution in [1.29, 1.82) is 0 Å². The van der Waals surface area contributed by atoms with Crippen molar-refractivity contribution in [2.24, 2.45) is 17.8 Å². The highest BCUT2D eigenvalue weighted by Gasteiger charge is 2.13. The molecular formula is C14H30OS. The smallest absolute Gasteiger partial charge is 0.0504 e. The van der Waals surface area contributed by atoms with Gasteiger partial charge in [-0.05, 0) is 29.9 Å². The molecule has 0 spiro atoms. The maximum absolute atomic E-state index is 5.85. The summed E-state index contributed by atoms with van der Waals surface area (Å²) < 4.78 is 5.85. The molecule has 0 bridgehead atoms. The molecule has 0 aromatic heterocycles. The van der Waals surface area contributed by atoms with E-state index < -0.39 is 0 Å². The predicted octanol–water partition coefficient (Wildman–Crippen LogP) is 4.42. The summed E-state index contributed by atoms with van der Waals surface area (Å²) in [6.07, 6.45) is 5.19. The SMILES string of the molecule is CCCCC(CC)COCC(CS)C(C)C. The van der Waals surface area contributed by atoms with Crippen molar-refractivity contribution < 1.29 is 4.74 Å². The molecule has 98 valence electrons. The van der Waals surface area contributed by atoms with Gasteiger partial charge in [0.15, 0.2) is 0 Å². The summed E-state index contributed by atoms with van der Waals surface area (Å²) in [5.74, 6) is 2.97. The van der Waals surface area contributed by atoms with E-state index in [1.54, 1.807) is 0 Å². The average molecular weight is 246 g/mol. The van der Waals surface area contributed by atoms with Crippen LogP contribution in [0.1, 0.15) is 53.4 Å². The highest BCUT2D eigenvalue weighted by atomic mass is 32.1. The van der Waals surface area contributed by atoms with Gasteiger partial charge in [-0.1, -0.05) is 47.0 Å². The number of thiol groups is 1. The van der Waals surface area contributed by atoms with Gasteiger partial charge < -0.3 is 4.74 Å². The van der Waals surface area contributed by atoms with Gasteiger partial charge in [0.05, 0.1) is 6.61 Å². The van der Waals surface area contributed by atoms with Crippen molar-refractivity contribution in [2.75, 3.05) is 19.0 Å². The molecule has 0 aromatic carbocycles. The van der Waals surface area contributed by atoms with Gasteiger partial charge in [-0.2, -0.15) is 12.6 Å². The maximum Gasteiger partial charge on any atom is 0.0504 e. The van der Waals surface area contributed by atoms with Gasteiger partial charge in [0.25, 0.3) is 0 Å². The van der Waals surface area contributed by atoms with Crippen LogP contribution in [-0.4, -0.2) is 19.0 Å². The van der Waals surface area contributed by atoms with E-state index in [0.717, 1.165) is 24.9 Å². The Morgan fingerprint density at radius 1 is 1.12 bits per heavy atom. The molecule has 2 atom stereocenters. The van der Waals surface area contributed by atoms with Crippen molar-refractivity contribution in [3.8, 4) is 0 Å². The molecule has 1 nitrogen and oxygen atoms in total. The van der Waals surface area contributed by atoms with E-state index in [0.29, 0.717) is 11.8 Å². The largest absolute Gasteiger partial charge is 0.381 e. The second kappa shape index (κ2) is 10.5. The molecule has 2 heteroatoms. The Labute approximate surface area is 108 Å². The van der Waals surface area contributed by atoms with Crippen LogP contribution < -0.4 is 0 Å². The Balaban J connectivity index is 3.67. The van der Waals surface area contributed by atoms with Gasteiger partial charge >= 0.3 is 0 Å². The third kappa shape index (κ3) is 7.56. The van der Waals surface area contributed by atoms with Crippen molar-refractivity contribution >= 4 is 12.6 Å². The number of rotatable bonds is 10. The Kier molecular flexibility index (Phi) is 10.7. The highest BCUT2D eigenvalue weighted by Crippen LogP contribution is 2.16. The zero-order chi connectivity index (χ0) is 12.4. The monoisotopic (exact) mass is 246 g/mol. The Hall–Kier alpha value is 0.310. The lowest BCUT2D eigenvalue weighted by molar-refractivity contribution is 0.0613. The molecule has 0 aliphatic heterocycles. The fraction of sp³-hybridized carbons (Fsp3) is 1.00. The lowest BCUT2D eigenvalue weighted by atomic mass is 9.98. The first-order valence-corrected chi connectivity index (χ1v) is 7.47. The van der Waals surface area contributed by atoms with E-state index >= 15 is 0 Å². The minimum Gasteiger partial charge on any atom is -0.381 e. The summed E-state index contributed by atoms with van der Waals surface area (Å²) in [7, 11) is 0. The summed E-state index contributed by atoms with van der Waals surface area (Å²) in [5, 5.41) is 0. The Morgan fingerprint density at radius 2 is 1.81 bits per heavy atom. The van der Waals surface area contributed by atoms with Crippen LogP contribution in [0.15, 0.2) is 0 Å². The lowest BCUT2D eigenvalue weighted by Gasteiger charge is -2.21. The van der Waals surface area contributed by atoms with Crippen LogP contribution in [0.25, 0.3) is 0 Å². The quantitative estimate of drug-likeness (QED) is 0.561. The molecule has 16 heavy (non-hydrogen) atoms. The summed E-state index contributed by atoms with van der Waals surface area (Å²) in [6.45, 7) is 10.8. The first-order chi connectivity index (χ1) is 7.65. The maximum atomic E-state index is 5.85. The second-order valence-electron chi connectivity index (χ2n) is 5.14. The first kappa shape index (κ1) is 16.3. The predicted molar refractivity (Wildman–Crippen MR) is 76.3 cm³/mol. The summed E-state index contributed by atoms with van der Waals surface area (Å²) >= 11 is 4.38. The minimum absolute atomic E-state index is 0.604. The van der Waals surface area contributed by atoms with Gasteiger partial charge in [-0.3, -0.25) is 0 Å². The standard InChI is InChI=1S/C14H30OS/c1-5-7-8-13(6-2)9-15-10-14(11-16)12(3)4/h12-14,16H,5-11H2,1-4H3. The van der Waals surface area contributed by atoms with Crippen molar-refractivity contribution in [1.82, 2.24) is 0 Å². The molecule has 0 aromatic rings. The van der Waals surface area contributed by atoms with Crippen molar-refractivity contribution in [3.63, 3.8) is 0 Å². The second-order valence-corrected chi connectivity index (χ2v) is 5.51. The number of hydrogen-bond donors (Lipinski definition) is 1. The minimum atomic E-state index is 0.604. The van der Waals surface area contributed by atoms with Crippen LogP contribution in [-0.2, 0) is 4.74 Å². The van der Waals surface area contributed by atoms with Gasteiger partial charge in [0.1, 0.15) is 0 Å². The molecule has 0 radical (unpaired) electrons. The summed E-state index contributed by atoms with van der Waals surface area (Å²) in [5.41, 5.74) is 0. The highest BCUT2D eigenvalue weighted by molar-refractivity contribution is 7.80. The van der Waals surface area contributed by atoms with Gasteiger partial charge in [0.2, 0.25) is 0 Å². The van der Waals surface area contributed by atoms with E-state index in [9.17, 15) is 0 Å². The van der Waals surface area contributed by atoms with Crippen molar-refractivity contribution in [3.05, 3.63) is 0 Å². The topological polar surface area (TPSA) is 9.23 Å². The molecule has 2 unspecified atom stereocenters. The molecule has 0 rings (SSSR count). The molecule has 0 amide bonds. The number of ether oxygens (including phenoxy) is 1. The summed E-state index contributed by atoms with van der Waals surface area (Å²) in [4.78, 5) is 0. The number of unbranched alkanes of at least 4 members (excludes halogenated alkanes) is 1. The zero-order valence-corrected chi connectivity index (χ0v) is 12.4. The molecule has 0 saturated heterocycles. The van der Waals surface area contributed by atoms with Gasteiger partial charge in [0, 0.05) is 6.61 Å². The Morgan fingerprint density at radius 3 is 2.25 bits per heavy atom. The van der Waals surface area contributed by atoms with Crippen LogP contribution in [0.3, 0.4) is 0 Å². The van der Waals surface area contributed by atoms with E-state index in [-0.39, 0.29) is 0 Å². The third-order valence-corrected chi connectivity index (χ3v) is 3.88. The van der Waals surface area contributed by atoms with Crippen LogP contribution >= 0.6 is 12.6 Å². The third-order valence-electron chi connectivity index (χ3n) is 3.41. The Bertz CT molecular complexity index is 148. The van der Waals surface area contributed by atoms with Crippen LogP contribution in [0.5, 0.6) is 0 Å².